The molecule has 0 radical (unpaired) electrons. The second-order valence-corrected chi connectivity index (χ2v) is 9.67. The maximum absolute atomic E-state index is 14.7. The van der Waals surface area contributed by atoms with E-state index in [1.54, 1.807) is 0 Å². The molecule has 3 aliphatic rings. The highest BCUT2D eigenvalue weighted by atomic mass is 19.1. The van der Waals surface area contributed by atoms with E-state index in [0.29, 0.717) is 23.6 Å². The van der Waals surface area contributed by atoms with E-state index in [9.17, 15) is 9.18 Å². The zero-order chi connectivity index (χ0) is 21.4. The van der Waals surface area contributed by atoms with Gasteiger partial charge in [-0.1, -0.05) is 30.3 Å². The van der Waals surface area contributed by atoms with Crippen LogP contribution >= 0.6 is 0 Å². The highest BCUT2D eigenvalue weighted by molar-refractivity contribution is 5.89. The second-order valence-electron chi connectivity index (χ2n) is 9.67. The number of hydrogen-bond donors (Lipinski definition) is 0. The number of benzene rings is 2. The predicted octanol–water partition coefficient (Wildman–Crippen LogP) is 4.42. The minimum atomic E-state index is -0.469. The summed E-state index contributed by atoms with van der Waals surface area (Å²) in [5.41, 5.74) is 3.93. The molecular weight excluding hydrogens is 391 g/mol. The van der Waals surface area contributed by atoms with Crippen molar-refractivity contribution in [3.05, 3.63) is 70.5 Å². The van der Waals surface area contributed by atoms with Crippen LogP contribution < -0.4 is 0 Å². The highest BCUT2D eigenvalue weighted by Crippen LogP contribution is 2.45. The first-order valence-electron chi connectivity index (χ1n) is 11.5. The Kier molecular flexibility index (Phi) is 5.57. The number of methoxy groups -OCH3 is 1. The molecule has 5 rings (SSSR count). The molecule has 0 N–H and O–H groups in total. The van der Waals surface area contributed by atoms with E-state index in [0.717, 1.165) is 30.6 Å². The number of carbonyl (C=O) groups is 1. The van der Waals surface area contributed by atoms with Gasteiger partial charge in [-0.3, -0.25) is 9.80 Å². The zero-order valence-corrected chi connectivity index (χ0v) is 18.3. The zero-order valence-electron chi connectivity index (χ0n) is 18.3. The first kappa shape index (κ1) is 20.7. The van der Waals surface area contributed by atoms with Gasteiger partial charge >= 0.3 is 5.97 Å². The Labute approximate surface area is 184 Å². The molecule has 2 heterocycles. The van der Waals surface area contributed by atoms with E-state index in [2.05, 4.69) is 40.1 Å². The Balaban J connectivity index is 1.16. The minimum absolute atomic E-state index is 0.273. The fourth-order valence-corrected chi connectivity index (χ4v) is 5.94. The Morgan fingerprint density at radius 1 is 1.16 bits per heavy atom. The summed E-state index contributed by atoms with van der Waals surface area (Å²) in [6.07, 6.45) is 5.75. The molecule has 0 aromatic heterocycles. The van der Waals surface area contributed by atoms with Crippen molar-refractivity contribution >= 4 is 5.97 Å². The van der Waals surface area contributed by atoms with Crippen LogP contribution in [0.25, 0.3) is 0 Å². The predicted molar refractivity (Wildman–Crippen MR) is 118 cm³/mol. The molecule has 164 valence electrons. The lowest BCUT2D eigenvalue weighted by atomic mass is 9.67. The van der Waals surface area contributed by atoms with Gasteiger partial charge in [0.15, 0.2) is 0 Å². The molecule has 2 fully saturated rings. The van der Waals surface area contributed by atoms with Gasteiger partial charge in [0, 0.05) is 44.3 Å². The summed E-state index contributed by atoms with van der Waals surface area (Å²) in [7, 11) is 1.33. The molecule has 31 heavy (non-hydrogen) atoms. The maximum Gasteiger partial charge on any atom is 0.337 e. The lowest BCUT2D eigenvalue weighted by Crippen LogP contribution is -2.58. The molecule has 1 saturated heterocycles. The number of halogens is 1. The van der Waals surface area contributed by atoms with Crippen molar-refractivity contribution in [3.63, 3.8) is 0 Å². The largest absolute Gasteiger partial charge is 0.465 e. The number of likely N-dealkylation sites (tertiary alicyclic amines) is 1. The van der Waals surface area contributed by atoms with Crippen LogP contribution in [-0.2, 0) is 24.2 Å². The van der Waals surface area contributed by atoms with Crippen LogP contribution in [0.3, 0.4) is 0 Å². The van der Waals surface area contributed by atoms with Gasteiger partial charge in [0.2, 0.25) is 0 Å². The van der Waals surface area contributed by atoms with Gasteiger partial charge in [-0.05, 0) is 60.8 Å². The van der Waals surface area contributed by atoms with E-state index in [1.165, 1.54) is 57.5 Å². The number of fused-ring (bicyclic) bond motifs is 1. The van der Waals surface area contributed by atoms with Gasteiger partial charge in [-0.15, -0.1) is 0 Å². The van der Waals surface area contributed by atoms with Gasteiger partial charge in [-0.2, -0.15) is 0 Å². The molecule has 4 nitrogen and oxygen atoms in total. The van der Waals surface area contributed by atoms with Crippen molar-refractivity contribution in [2.24, 2.45) is 5.41 Å². The Morgan fingerprint density at radius 2 is 1.90 bits per heavy atom. The molecule has 5 heteroatoms. The Morgan fingerprint density at radius 3 is 2.61 bits per heavy atom. The van der Waals surface area contributed by atoms with E-state index < -0.39 is 5.97 Å². The molecule has 0 amide bonds. The maximum atomic E-state index is 14.7. The number of ether oxygens (including phenoxy) is 1. The molecular formula is C26H31FN2O2. The summed E-state index contributed by atoms with van der Waals surface area (Å²) in [6, 6.07) is 14.4. The average molecular weight is 423 g/mol. The van der Waals surface area contributed by atoms with Crippen LogP contribution in [0.5, 0.6) is 0 Å². The van der Waals surface area contributed by atoms with Crippen molar-refractivity contribution in [3.8, 4) is 0 Å². The molecule has 0 unspecified atom stereocenters. The second kappa shape index (κ2) is 8.36. The lowest BCUT2D eigenvalue weighted by Gasteiger charge is -2.55. The van der Waals surface area contributed by atoms with Crippen LogP contribution in [0, 0.1) is 11.2 Å². The number of nitrogens with zero attached hydrogens (tertiary/aromatic N) is 2. The third-order valence-electron chi connectivity index (χ3n) is 7.64. The SMILES string of the molecule is COC(=O)c1cc(F)c2c(c1)CCN(C1CCC3(CC1)CN(Cc1ccccc1)C3)C2. The van der Waals surface area contributed by atoms with E-state index in [1.807, 2.05) is 6.07 Å². The summed E-state index contributed by atoms with van der Waals surface area (Å²) in [5.74, 6) is -0.742. The quantitative estimate of drug-likeness (QED) is 0.683. The first-order chi connectivity index (χ1) is 15.0. The van der Waals surface area contributed by atoms with E-state index in [-0.39, 0.29) is 5.82 Å². The highest BCUT2D eigenvalue weighted by Gasteiger charge is 2.45. The summed E-state index contributed by atoms with van der Waals surface area (Å²) < 4.78 is 19.5. The molecule has 0 bridgehead atoms. The van der Waals surface area contributed by atoms with E-state index in [4.69, 9.17) is 4.74 Å². The fraction of sp³-hybridized carbons (Fsp3) is 0.500. The monoisotopic (exact) mass is 422 g/mol. The van der Waals surface area contributed by atoms with Gasteiger partial charge in [0.1, 0.15) is 5.82 Å². The van der Waals surface area contributed by atoms with Crippen molar-refractivity contribution in [2.45, 2.75) is 51.2 Å². The number of carbonyl (C=O) groups excluding carboxylic acids is 1. The average Bonchev–Trinajstić information content (AvgIpc) is 2.78. The summed E-state index contributed by atoms with van der Waals surface area (Å²) in [5, 5.41) is 0. The van der Waals surface area contributed by atoms with E-state index >= 15 is 0 Å². The topological polar surface area (TPSA) is 32.8 Å². The van der Waals surface area contributed by atoms with Gasteiger partial charge in [0.25, 0.3) is 0 Å². The Hall–Kier alpha value is -2.24. The fourth-order valence-electron chi connectivity index (χ4n) is 5.94. The smallest absolute Gasteiger partial charge is 0.337 e. The number of rotatable bonds is 4. The molecule has 1 spiro atoms. The van der Waals surface area contributed by atoms with Crippen molar-refractivity contribution in [2.75, 3.05) is 26.7 Å². The van der Waals surface area contributed by atoms with Crippen molar-refractivity contribution < 1.29 is 13.9 Å². The number of esters is 1. The molecule has 1 saturated carbocycles. The van der Waals surface area contributed by atoms with Gasteiger partial charge in [0.05, 0.1) is 12.7 Å². The molecule has 2 aromatic rings. The molecule has 2 aromatic carbocycles. The van der Waals surface area contributed by atoms with Gasteiger partial charge in [-0.25, -0.2) is 9.18 Å². The van der Waals surface area contributed by atoms with Gasteiger partial charge < -0.3 is 4.74 Å². The van der Waals surface area contributed by atoms with Crippen molar-refractivity contribution in [1.29, 1.82) is 0 Å². The van der Waals surface area contributed by atoms with Crippen LogP contribution in [-0.4, -0.2) is 48.6 Å². The molecule has 2 aliphatic heterocycles. The van der Waals surface area contributed by atoms with Crippen molar-refractivity contribution in [1.82, 2.24) is 9.80 Å². The lowest BCUT2D eigenvalue weighted by molar-refractivity contribution is -0.0513. The molecule has 0 atom stereocenters. The molecule has 1 aliphatic carbocycles. The summed E-state index contributed by atoms with van der Waals surface area (Å²) in [4.78, 5) is 16.8. The Bertz CT molecular complexity index is 945. The normalized spacial score (nSPS) is 21.5. The van der Waals surface area contributed by atoms with Crippen LogP contribution in [0.4, 0.5) is 4.39 Å². The third-order valence-corrected chi connectivity index (χ3v) is 7.64. The standard InChI is InChI=1S/C26H31FN2O2/c1-31-25(30)21-13-20-9-12-29(16-23(20)24(27)14-21)22-7-10-26(11-8-22)17-28(18-26)15-19-5-3-2-4-6-19/h2-6,13-14,22H,7-12,15-18H2,1H3. The van der Waals surface area contributed by atoms with Crippen LogP contribution in [0.2, 0.25) is 0 Å². The number of hydrogen-bond acceptors (Lipinski definition) is 4. The van der Waals surface area contributed by atoms with Crippen LogP contribution in [0.1, 0.15) is 52.7 Å². The summed E-state index contributed by atoms with van der Waals surface area (Å²) >= 11 is 0. The third kappa shape index (κ3) is 4.13. The summed E-state index contributed by atoms with van der Waals surface area (Å²) in [6.45, 7) is 5.07. The first-order valence-corrected chi connectivity index (χ1v) is 11.5. The minimum Gasteiger partial charge on any atom is -0.465 e. The van der Waals surface area contributed by atoms with Crippen LogP contribution in [0.15, 0.2) is 42.5 Å².